The predicted molar refractivity (Wildman–Crippen MR) is 108 cm³/mol. The van der Waals surface area contributed by atoms with Gasteiger partial charge >= 0.3 is 0 Å². The Morgan fingerprint density at radius 3 is 1.25 bits per heavy atom. The van der Waals surface area contributed by atoms with Gasteiger partial charge in [-0.05, 0) is 51.7 Å². The Kier molecular flexibility index (Phi) is 7.14. The first-order valence-corrected chi connectivity index (χ1v) is 10.9. The molecular formula is C20H30Cl2SiTi. The Labute approximate surface area is 175 Å². The molecule has 0 saturated carbocycles. The summed E-state index contributed by atoms with van der Waals surface area (Å²) in [6, 6.07) is 0. The molecule has 0 aromatic carbocycles. The van der Waals surface area contributed by atoms with Crippen LogP contribution < -0.4 is 0 Å². The summed E-state index contributed by atoms with van der Waals surface area (Å²) in [4.78, 5) is 0. The molecule has 2 aliphatic rings. The van der Waals surface area contributed by atoms with Crippen molar-refractivity contribution in [1.29, 1.82) is 0 Å². The first-order valence-electron chi connectivity index (χ1n) is 8.71. The summed E-state index contributed by atoms with van der Waals surface area (Å²) in [6.45, 7) is 18.0. The van der Waals surface area contributed by atoms with Gasteiger partial charge in [0.1, 0.15) is 0 Å². The van der Waals surface area contributed by atoms with Crippen molar-refractivity contribution in [3.63, 3.8) is 0 Å². The van der Waals surface area contributed by atoms with Crippen LogP contribution in [0.25, 0.3) is 0 Å². The van der Waals surface area contributed by atoms with Crippen molar-refractivity contribution in [2.75, 3.05) is 0 Å². The minimum Gasteiger partial charge on any atom is -0.0879 e. The normalized spacial score (nSPS) is 31.2. The second-order valence-electron chi connectivity index (χ2n) is 7.63. The molecule has 132 valence electrons. The summed E-state index contributed by atoms with van der Waals surface area (Å²) in [5, 5.41) is 5.22. The molecule has 0 radical (unpaired) electrons. The van der Waals surface area contributed by atoms with Gasteiger partial charge in [0.25, 0.3) is 0 Å². The fourth-order valence-electron chi connectivity index (χ4n) is 4.20. The molecule has 0 bridgehead atoms. The molecule has 0 amide bonds. The zero-order chi connectivity index (χ0) is 17.7. The van der Waals surface area contributed by atoms with Crippen molar-refractivity contribution in [3.8, 4) is 0 Å². The molecule has 24 heavy (non-hydrogen) atoms. The van der Waals surface area contributed by atoms with Crippen LogP contribution in [-0.2, 0) is 21.7 Å². The van der Waals surface area contributed by atoms with Crippen molar-refractivity contribution in [1.82, 2.24) is 0 Å². The number of allylic oxidation sites excluding steroid dienone is 8. The Balaban J connectivity index is 0.00000288. The summed E-state index contributed by atoms with van der Waals surface area (Å²) < 4.78 is 0. The van der Waals surface area contributed by atoms with Crippen LogP contribution in [0.1, 0.15) is 68.2 Å². The molecule has 0 aliphatic heterocycles. The number of hydrogen-bond donors (Lipinski definition) is 0. The average molecular weight is 417 g/mol. The summed E-state index contributed by atoms with van der Waals surface area (Å²) >= 11 is 13.5. The monoisotopic (exact) mass is 416 g/mol. The summed E-state index contributed by atoms with van der Waals surface area (Å²) in [6.07, 6.45) is 2.13. The first-order chi connectivity index (χ1) is 10.6. The summed E-state index contributed by atoms with van der Waals surface area (Å²) in [5.41, 5.74) is 5.71. The zero-order valence-electron chi connectivity index (χ0n) is 16.4. The van der Waals surface area contributed by atoms with Gasteiger partial charge in [0.05, 0.1) is 9.52 Å². The van der Waals surface area contributed by atoms with Gasteiger partial charge in [-0.25, -0.2) is 0 Å². The summed E-state index contributed by atoms with van der Waals surface area (Å²) in [7, 11) is -0.571. The molecule has 0 nitrogen and oxygen atoms in total. The van der Waals surface area contributed by atoms with Gasteiger partial charge in [-0.3, -0.25) is 0 Å². The number of hydrogen-bond acceptors (Lipinski definition) is 0. The maximum Gasteiger partial charge on any atom is 0.0882 e. The minimum absolute atomic E-state index is 0. The van der Waals surface area contributed by atoms with Crippen LogP contribution in [-0.4, -0.2) is 9.52 Å². The fourth-order valence-corrected chi connectivity index (χ4v) is 7.75. The van der Waals surface area contributed by atoms with E-state index in [0.29, 0.717) is 0 Å². The van der Waals surface area contributed by atoms with E-state index in [1.165, 1.54) is 22.3 Å². The Bertz CT molecular complexity index is 626. The molecule has 4 heteroatoms. The number of halogens is 2. The van der Waals surface area contributed by atoms with Crippen LogP contribution in [0.15, 0.2) is 42.7 Å². The molecular weight excluding hydrogens is 387 g/mol. The van der Waals surface area contributed by atoms with Gasteiger partial charge < -0.3 is 0 Å². The van der Waals surface area contributed by atoms with Crippen molar-refractivity contribution >= 4 is 32.7 Å². The van der Waals surface area contributed by atoms with Gasteiger partial charge in [-0.1, -0.05) is 72.4 Å². The van der Waals surface area contributed by atoms with Gasteiger partial charge in [0, 0.05) is 42.6 Å². The largest absolute Gasteiger partial charge is 0.0882 e. The predicted octanol–water partition coefficient (Wildman–Crippen LogP) is 6.59. The Hall–Kier alpha value is 0.471. The molecule has 2 unspecified atom stereocenters. The van der Waals surface area contributed by atoms with Gasteiger partial charge in [0.15, 0.2) is 0 Å². The third-order valence-electron chi connectivity index (χ3n) is 6.86. The van der Waals surface area contributed by atoms with Gasteiger partial charge in [-0.2, -0.15) is 0 Å². The molecule has 0 saturated heterocycles. The van der Waals surface area contributed by atoms with E-state index < -0.39 is 9.52 Å². The Morgan fingerprint density at radius 2 is 1.04 bits per heavy atom. The van der Waals surface area contributed by atoms with Gasteiger partial charge in [-0.15, -0.1) is 0 Å². The van der Waals surface area contributed by atoms with E-state index in [1.807, 2.05) is 0 Å². The van der Waals surface area contributed by atoms with Crippen molar-refractivity contribution in [2.24, 2.45) is 10.8 Å². The molecule has 2 atom stereocenters. The molecule has 0 spiro atoms. The zero-order valence-corrected chi connectivity index (χ0v) is 20.9. The molecule has 0 aromatic heterocycles. The van der Waals surface area contributed by atoms with E-state index in [0.717, 1.165) is 22.9 Å². The molecule has 2 aliphatic carbocycles. The van der Waals surface area contributed by atoms with E-state index in [9.17, 15) is 0 Å². The number of rotatable bonds is 4. The SMILES string of the molecule is CCC1(C)C(C)=C([SiH2]C2=C(C)C(C)(CC)C(Cl)=C2C)C(C)=C1Cl.[Ti]. The van der Waals surface area contributed by atoms with Crippen LogP contribution in [0, 0.1) is 10.8 Å². The van der Waals surface area contributed by atoms with E-state index in [1.54, 1.807) is 10.4 Å². The minimum atomic E-state index is -0.571. The van der Waals surface area contributed by atoms with Crippen molar-refractivity contribution < 1.29 is 21.7 Å². The van der Waals surface area contributed by atoms with E-state index >= 15 is 0 Å². The van der Waals surface area contributed by atoms with E-state index in [4.69, 9.17) is 23.2 Å². The first kappa shape index (κ1) is 22.5. The third kappa shape index (κ3) is 3.03. The van der Waals surface area contributed by atoms with E-state index in [-0.39, 0.29) is 32.5 Å². The smallest absolute Gasteiger partial charge is 0.0879 e. The van der Waals surface area contributed by atoms with Crippen LogP contribution in [0.5, 0.6) is 0 Å². The van der Waals surface area contributed by atoms with E-state index in [2.05, 4.69) is 55.4 Å². The molecule has 0 heterocycles. The molecule has 0 aromatic rings. The molecule has 2 rings (SSSR count). The summed E-state index contributed by atoms with van der Waals surface area (Å²) in [5.74, 6) is 0. The second-order valence-corrected chi connectivity index (χ2v) is 10.2. The maximum atomic E-state index is 6.74. The topological polar surface area (TPSA) is 0 Å². The maximum absolute atomic E-state index is 6.74. The molecule has 0 fully saturated rings. The second kappa shape index (κ2) is 7.61. The Morgan fingerprint density at radius 1 is 0.750 bits per heavy atom. The standard InChI is InChI=1S/C20H30Cl2Si.Ti/c1-9-19(7)13(5)15(11(3)17(19)21)23-16-12(4)18(22)20(8,10-2)14(16)6;/h9-10,23H2,1-8H3;. The van der Waals surface area contributed by atoms with Crippen LogP contribution in [0.2, 0.25) is 0 Å². The van der Waals surface area contributed by atoms with Crippen molar-refractivity contribution in [2.45, 2.75) is 68.2 Å². The quantitative estimate of drug-likeness (QED) is 0.453. The fraction of sp³-hybridized carbons (Fsp3) is 0.600. The van der Waals surface area contributed by atoms with Crippen molar-refractivity contribution in [3.05, 3.63) is 42.7 Å². The average Bonchev–Trinajstić information content (AvgIpc) is 2.81. The van der Waals surface area contributed by atoms with Gasteiger partial charge in [0.2, 0.25) is 0 Å². The van der Waals surface area contributed by atoms with Crippen LogP contribution in [0.4, 0.5) is 0 Å². The van der Waals surface area contributed by atoms with Crippen LogP contribution >= 0.6 is 23.2 Å². The third-order valence-corrected chi connectivity index (χ3v) is 11.1. The van der Waals surface area contributed by atoms with Crippen LogP contribution in [0.3, 0.4) is 0 Å². The molecule has 0 N–H and O–H groups in total.